The van der Waals surface area contributed by atoms with Gasteiger partial charge in [-0.15, -0.1) is 0 Å². The highest BCUT2D eigenvalue weighted by atomic mass is 16.5. The van der Waals surface area contributed by atoms with Crippen molar-refractivity contribution < 1.29 is 23.9 Å². The van der Waals surface area contributed by atoms with E-state index in [1.165, 1.54) is 0 Å². The van der Waals surface area contributed by atoms with Gasteiger partial charge in [0.1, 0.15) is 17.5 Å². The van der Waals surface area contributed by atoms with Gasteiger partial charge in [-0.25, -0.2) is 0 Å². The number of anilines is 2. The van der Waals surface area contributed by atoms with E-state index in [0.29, 0.717) is 24.5 Å². The van der Waals surface area contributed by atoms with E-state index in [9.17, 15) is 14.4 Å². The minimum Gasteiger partial charge on any atom is -0.497 e. The first-order valence-corrected chi connectivity index (χ1v) is 12.1. The lowest BCUT2D eigenvalue weighted by Crippen LogP contribution is -2.60. The van der Waals surface area contributed by atoms with Crippen molar-refractivity contribution in [2.24, 2.45) is 0 Å². The van der Waals surface area contributed by atoms with Gasteiger partial charge in [-0.2, -0.15) is 0 Å². The molecule has 0 aromatic heterocycles. The number of nitrogens with zero attached hydrogens (tertiary/aromatic N) is 3. The van der Waals surface area contributed by atoms with Gasteiger partial charge in [0.05, 0.1) is 27.2 Å². The van der Waals surface area contributed by atoms with Gasteiger partial charge in [-0.05, 0) is 48.5 Å². The summed E-state index contributed by atoms with van der Waals surface area (Å²) in [5.74, 6) is 0.740. The number of methoxy groups -OCH3 is 2. The molecule has 3 amide bonds. The first-order valence-electron chi connectivity index (χ1n) is 12.1. The smallest absolute Gasteiger partial charge is 0.243 e. The third kappa shape index (κ3) is 6.25. The Kier molecular flexibility index (Phi) is 8.27. The van der Waals surface area contributed by atoms with Crippen molar-refractivity contribution in [1.82, 2.24) is 15.1 Å². The molecule has 0 bridgehead atoms. The number of hydrogen-bond acceptors (Lipinski definition) is 7. The monoisotopic (exact) mass is 495 g/mol. The molecule has 2 aromatic rings. The first kappa shape index (κ1) is 25.3. The molecule has 0 radical (unpaired) electrons. The van der Waals surface area contributed by atoms with Crippen LogP contribution in [-0.2, 0) is 14.4 Å². The predicted molar refractivity (Wildman–Crippen MR) is 136 cm³/mol. The second kappa shape index (κ2) is 11.8. The second-order valence-electron chi connectivity index (χ2n) is 8.84. The molecule has 2 N–H and O–H groups in total. The lowest BCUT2D eigenvalue weighted by Gasteiger charge is -2.39. The number of nitrogens with one attached hydrogen (secondary N) is 2. The summed E-state index contributed by atoms with van der Waals surface area (Å²) >= 11 is 0. The summed E-state index contributed by atoms with van der Waals surface area (Å²) in [4.78, 5) is 44.4. The molecule has 0 saturated carbocycles. The summed E-state index contributed by atoms with van der Waals surface area (Å²) in [5.41, 5.74) is 1.72. The topological polar surface area (TPSA) is 103 Å². The molecule has 2 fully saturated rings. The number of rotatable bonds is 8. The standard InChI is InChI=1S/C26H33N5O5/c1-35-21-7-3-19(4-8-21)28-24(32)17-23-26(34)27-11-12-31(23)25(33)18-29-13-15-30(16-14-29)20-5-9-22(36-2)10-6-20/h3-10,23H,11-18H2,1-2H3,(H,27,34)(H,28,32). The minimum atomic E-state index is -0.829. The van der Waals surface area contributed by atoms with Gasteiger partial charge in [0.2, 0.25) is 17.7 Å². The van der Waals surface area contributed by atoms with Gasteiger partial charge in [-0.3, -0.25) is 19.3 Å². The number of carbonyl (C=O) groups is 3. The SMILES string of the molecule is COc1ccc(NC(=O)CC2C(=O)NCCN2C(=O)CN2CCN(c3ccc(OC)cc3)CC2)cc1. The van der Waals surface area contributed by atoms with Crippen molar-refractivity contribution in [2.45, 2.75) is 12.5 Å². The Bertz CT molecular complexity index is 1050. The van der Waals surface area contributed by atoms with Gasteiger partial charge in [-0.1, -0.05) is 0 Å². The summed E-state index contributed by atoms with van der Waals surface area (Å²) in [7, 11) is 3.22. The highest BCUT2D eigenvalue weighted by Gasteiger charge is 2.35. The van der Waals surface area contributed by atoms with Crippen LogP contribution in [-0.4, -0.2) is 93.6 Å². The number of amides is 3. The average molecular weight is 496 g/mol. The molecule has 1 unspecified atom stereocenters. The molecule has 2 saturated heterocycles. The molecule has 2 aliphatic heterocycles. The summed E-state index contributed by atoms with van der Waals surface area (Å²) in [6.45, 7) is 4.06. The van der Waals surface area contributed by atoms with E-state index in [0.717, 1.165) is 37.6 Å². The minimum absolute atomic E-state index is 0.102. The van der Waals surface area contributed by atoms with Gasteiger partial charge in [0.25, 0.3) is 0 Å². The van der Waals surface area contributed by atoms with Gasteiger partial charge in [0, 0.05) is 50.6 Å². The maximum atomic E-state index is 13.2. The Morgan fingerprint density at radius 3 is 2.14 bits per heavy atom. The highest BCUT2D eigenvalue weighted by Crippen LogP contribution is 2.21. The van der Waals surface area contributed by atoms with Crippen LogP contribution in [0.1, 0.15) is 6.42 Å². The van der Waals surface area contributed by atoms with Crippen LogP contribution in [0.2, 0.25) is 0 Å². The number of hydrogen-bond donors (Lipinski definition) is 2. The van der Waals surface area contributed by atoms with Crippen LogP contribution in [0.15, 0.2) is 48.5 Å². The Labute approximate surface area is 211 Å². The molecule has 10 nitrogen and oxygen atoms in total. The Morgan fingerprint density at radius 2 is 1.53 bits per heavy atom. The average Bonchev–Trinajstić information content (AvgIpc) is 2.90. The van der Waals surface area contributed by atoms with E-state index < -0.39 is 6.04 Å². The second-order valence-corrected chi connectivity index (χ2v) is 8.84. The van der Waals surface area contributed by atoms with E-state index in [4.69, 9.17) is 9.47 Å². The lowest BCUT2D eigenvalue weighted by molar-refractivity contribution is -0.145. The summed E-state index contributed by atoms with van der Waals surface area (Å²) in [5, 5.41) is 5.57. The predicted octanol–water partition coefficient (Wildman–Crippen LogP) is 1.18. The molecule has 10 heteroatoms. The van der Waals surface area contributed by atoms with Gasteiger partial charge in [0.15, 0.2) is 0 Å². The fraction of sp³-hybridized carbons (Fsp3) is 0.423. The number of carbonyl (C=O) groups excluding carboxylic acids is 3. The molecule has 0 spiro atoms. The Morgan fingerprint density at radius 1 is 0.917 bits per heavy atom. The summed E-state index contributed by atoms with van der Waals surface area (Å²) in [6.07, 6.45) is -0.102. The molecular weight excluding hydrogens is 462 g/mol. The molecule has 2 aliphatic rings. The zero-order valence-electron chi connectivity index (χ0n) is 20.7. The molecule has 1 atom stereocenters. The number of benzene rings is 2. The zero-order valence-corrected chi connectivity index (χ0v) is 20.7. The number of piperazine rings is 2. The largest absolute Gasteiger partial charge is 0.497 e. The lowest BCUT2D eigenvalue weighted by atomic mass is 10.1. The molecule has 0 aliphatic carbocycles. The first-order chi connectivity index (χ1) is 17.5. The Balaban J connectivity index is 1.30. The molecule has 36 heavy (non-hydrogen) atoms. The molecule has 4 rings (SSSR count). The van der Waals surface area contributed by atoms with Crippen LogP contribution >= 0.6 is 0 Å². The van der Waals surface area contributed by atoms with Crippen LogP contribution in [0.25, 0.3) is 0 Å². The van der Waals surface area contributed by atoms with Crippen molar-refractivity contribution in [3.8, 4) is 11.5 Å². The molecule has 2 heterocycles. The van der Waals surface area contributed by atoms with Crippen LogP contribution < -0.4 is 25.0 Å². The summed E-state index contributed by atoms with van der Waals surface area (Å²) < 4.78 is 10.4. The molecule has 192 valence electrons. The summed E-state index contributed by atoms with van der Waals surface area (Å²) in [6, 6.07) is 14.1. The molecular formula is C26H33N5O5. The van der Waals surface area contributed by atoms with E-state index in [2.05, 4.69) is 20.4 Å². The third-order valence-electron chi connectivity index (χ3n) is 6.57. The van der Waals surface area contributed by atoms with Crippen LogP contribution in [0.4, 0.5) is 11.4 Å². The maximum absolute atomic E-state index is 13.2. The van der Waals surface area contributed by atoms with Crippen LogP contribution in [0.5, 0.6) is 11.5 Å². The van der Waals surface area contributed by atoms with Crippen LogP contribution in [0, 0.1) is 0 Å². The fourth-order valence-corrected chi connectivity index (χ4v) is 4.52. The van der Waals surface area contributed by atoms with Gasteiger partial charge < -0.3 is 29.9 Å². The normalized spacial score (nSPS) is 18.4. The Hall–Kier alpha value is -3.79. The fourth-order valence-electron chi connectivity index (χ4n) is 4.52. The molecule has 2 aromatic carbocycles. The zero-order chi connectivity index (χ0) is 25.5. The van der Waals surface area contributed by atoms with E-state index in [1.807, 2.05) is 24.3 Å². The van der Waals surface area contributed by atoms with Crippen molar-refractivity contribution in [2.75, 3.05) is 70.2 Å². The van der Waals surface area contributed by atoms with E-state index >= 15 is 0 Å². The van der Waals surface area contributed by atoms with Gasteiger partial charge >= 0.3 is 0 Å². The van der Waals surface area contributed by atoms with Crippen molar-refractivity contribution in [3.05, 3.63) is 48.5 Å². The third-order valence-corrected chi connectivity index (χ3v) is 6.57. The van der Waals surface area contributed by atoms with E-state index in [1.54, 1.807) is 43.4 Å². The maximum Gasteiger partial charge on any atom is 0.243 e. The highest BCUT2D eigenvalue weighted by molar-refractivity contribution is 5.97. The van der Waals surface area contributed by atoms with E-state index in [-0.39, 0.29) is 30.7 Å². The van der Waals surface area contributed by atoms with Crippen molar-refractivity contribution in [3.63, 3.8) is 0 Å². The van der Waals surface area contributed by atoms with Crippen molar-refractivity contribution >= 4 is 29.1 Å². The van der Waals surface area contributed by atoms with Crippen LogP contribution in [0.3, 0.4) is 0 Å². The quantitative estimate of drug-likeness (QED) is 0.567. The number of ether oxygens (including phenoxy) is 2. The van der Waals surface area contributed by atoms with Crippen molar-refractivity contribution in [1.29, 1.82) is 0 Å².